The largest absolute Gasteiger partial charge is 0.506 e. The van der Waals surface area contributed by atoms with Crippen molar-refractivity contribution in [2.45, 2.75) is 0 Å². The fraction of sp³-hybridized carbons (Fsp3) is 0. The highest BCUT2D eigenvalue weighted by molar-refractivity contribution is 6.32. The van der Waals surface area contributed by atoms with E-state index in [4.69, 9.17) is 11.6 Å². The second kappa shape index (κ2) is 4.86. The number of amides is 1. The molecule has 100 valence electrons. The van der Waals surface area contributed by atoms with Crippen molar-refractivity contribution in [3.05, 3.63) is 59.4 Å². The molecule has 0 aliphatic rings. The third-order valence-electron chi connectivity index (χ3n) is 2.88. The standard InChI is InChI=1S/C14H10ClN3O2/c15-11-7-9(4-5-13(11)19)17-14(20)10-8-16-18-6-2-1-3-12(10)18/h1-8,19H,(H,17,20). The lowest BCUT2D eigenvalue weighted by Gasteiger charge is -2.05. The summed E-state index contributed by atoms with van der Waals surface area (Å²) in [5.74, 6) is -0.311. The molecule has 2 aromatic heterocycles. The summed E-state index contributed by atoms with van der Waals surface area (Å²) in [6.07, 6.45) is 3.27. The second-order valence-electron chi connectivity index (χ2n) is 4.21. The van der Waals surface area contributed by atoms with Gasteiger partial charge in [-0.25, -0.2) is 4.52 Å². The van der Waals surface area contributed by atoms with Crippen molar-refractivity contribution >= 4 is 28.7 Å². The Kier molecular flexibility index (Phi) is 3.04. The number of nitrogens with zero attached hydrogens (tertiary/aromatic N) is 2. The number of halogens is 1. The van der Waals surface area contributed by atoms with E-state index >= 15 is 0 Å². The fourth-order valence-corrected chi connectivity index (χ4v) is 2.07. The number of anilines is 1. The van der Waals surface area contributed by atoms with Gasteiger partial charge in [-0.15, -0.1) is 0 Å². The van der Waals surface area contributed by atoms with E-state index in [1.807, 2.05) is 18.2 Å². The summed E-state index contributed by atoms with van der Waals surface area (Å²) in [6.45, 7) is 0. The maximum atomic E-state index is 12.2. The van der Waals surface area contributed by atoms with Gasteiger partial charge in [0.2, 0.25) is 0 Å². The quantitative estimate of drug-likeness (QED) is 0.712. The van der Waals surface area contributed by atoms with Crippen molar-refractivity contribution in [3.8, 4) is 5.75 Å². The molecule has 0 fully saturated rings. The van der Waals surface area contributed by atoms with Crippen LogP contribution in [0.2, 0.25) is 5.02 Å². The van der Waals surface area contributed by atoms with Gasteiger partial charge in [0.1, 0.15) is 5.75 Å². The lowest BCUT2D eigenvalue weighted by Crippen LogP contribution is -2.11. The number of pyridine rings is 1. The molecule has 6 heteroatoms. The predicted molar refractivity (Wildman–Crippen MR) is 76.3 cm³/mol. The zero-order valence-electron chi connectivity index (χ0n) is 10.2. The highest BCUT2D eigenvalue weighted by Gasteiger charge is 2.12. The molecule has 3 aromatic rings. The molecular formula is C14H10ClN3O2. The van der Waals surface area contributed by atoms with E-state index in [9.17, 15) is 9.90 Å². The highest BCUT2D eigenvalue weighted by Crippen LogP contribution is 2.26. The van der Waals surface area contributed by atoms with Crippen LogP contribution in [-0.4, -0.2) is 20.6 Å². The van der Waals surface area contributed by atoms with Gasteiger partial charge < -0.3 is 10.4 Å². The van der Waals surface area contributed by atoms with Crippen molar-refractivity contribution in [2.24, 2.45) is 0 Å². The van der Waals surface area contributed by atoms with Crippen LogP contribution in [0.15, 0.2) is 48.8 Å². The molecule has 0 saturated heterocycles. The van der Waals surface area contributed by atoms with Crippen molar-refractivity contribution in [1.82, 2.24) is 9.61 Å². The Hall–Kier alpha value is -2.53. The van der Waals surface area contributed by atoms with Crippen LogP contribution in [0, 0.1) is 0 Å². The predicted octanol–water partition coefficient (Wildman–Crippen LogP) is 2.95. The van der Waals surface area contributed by atoms with Crippen molar-refractivity contribution in [3.63, 3.8) is 0 Å². The normalized spacial score (nSPS) is 10.7. The van der Waals surface area contributed by atoms with Gasteiger partial charge in [0, 0.05) is 11.9 Å². The molecule has 20 heavy (non-hydrogen) atoms. The van der Waals surface area contributed by atoms with Crippen LogP contribution in [0.25, 0.3) is 5.52 Å². The van der Waals surface area contributed by atoms with Crippen LogP contribution in [0.5, 0.6) is 5.75 Å². The maximum absolute atomic E-state index is 12.2. The van der Waals surface area contributed by atoms with Crippen LogP contribution in [-0.2, 0) is 0 Å². The van der Waals surface area contributed by atoms with Gasteiger partial charge in [0.25, 0.3) is 5.91 Å². The lowest BCUT2D eigenvalue weighted by molar-refractivity contribution is 0.102. The molecule has 0 spiro atoms. The monoisotopic (exact) mass is 287 g/mol. The Morgan fingerprint density at radius 2 is 2.15 bits per heavy atom. The average Bonchev–Trinajstić information content (AvgIpc) is 2.87. The number of aromatic nitrogens is 2. The lowest BCUT2D eigenvalue weighted by atomic mass is 10.2. The summed E-state index contributed by atoms with van der Waals surface area (Å²) in [6, 6.07) is 9.97. The first-order valence-electron chi connectivity index (χ1n) is 5.87. The molecule has 0 atom stereocenters. The van der Waals surface area contributed by atoms with E-state index in [0.29, 0.717) is 11.3 Å². The molecule has 2 heterocycles. The molecule has 0 aliphatic heterocycles. The Balaban J connectivity index is 1.91. The number of rotatable bonds is 2. The molecule has 0 saturated carbocycles. The third kappa shape index (κ3) is 2.19. The minimum Gasteiger partial charge on any atom is -0.506 e. The summed E-state index contributed by atoms with van der Waals surface area (Å²) in [7, 11) is 0. The zero-order chi connectivity index (χ0) is 14.1. The number of benzene rings is 1. The SMILES string of the molecule is O=C(Nc1ccc(O)c(Cl)c1)c1cnn2ccccc12. The number of hydrogen-bond acceptors (Lipinski definition) is 3. The van der Waals surface area contributed by atoms with E-state index in [-0.39, 0.29) is 16.7 Å². The Bertz CT molecular complexity index is 798. The summed E-state index contributed by atoms with van der Waals surface area (Å²) in [5, 5.41) is 16.3. The minimum absolute atomic E-state index is 0.0272. The molecular weight excluding hydrogens is 278 g/mol. The van der Waals surface area contributed by atoms with Gasteiger partial charge >= 0.3 is 0 Å². The van der Waals surface area contributed by atoms with E-state index in [1.54, 1.807) is 16.8 Å². The maximum Gasteiger partial charge on any atom is 0.259 e. The van der Waals surface area contributed by atoms with Crippen LogP contribution in [0.3, 0.4) is 0 Å². The van der Waals surface area contributed by atoms with Crippen molar-refractivity contribution in [2.75, 3.05) is 5.32 Å². The smallest absolute Gasteiger partial charge is 0.259 e. The summed E-state index contributed by atoms with van der Waals surface area (Å²) in [4.78, 5) is 12.2. The summed E-state index contributed by atoms with van der Waals surface area (Å²) >= 11 is 5.80. The molecule has 0 aliphatic carbocycles. The molecule has 2 N–H and O–H groups in total. The van der Waals surface area contributed by atoms with E-state index in [0.717, 1.165) is 5.52 Å². The number of fused-ring (bicyclic) bond motifs is 1. The fourth-order valence-electron chi connectivity index (χ4n) is 1.89. The van der Waals surface area contributed by atoms with Crippen LogP contribution >= 0.6 is 11.6 Å². The van der Waals surface area contributed by atoms with E-state index < -0.39 is 0 Å². The first-order valence-corrected chi connectivity index (χ1v) is 6.25. The first-order chi connectivity index (χ1) is 9.65. The third-order valence-corrected chi connectivity index (χ3v) is 3.18. The number of carbonyl (C=O) groups excluding carboxylic acids is 1. The molecule has 1 aromatic carbocycles. The number of phenolic OH excluding ortho intramolecular Hbond substituents is 1. The number of aromatic hydroxyl groups is 1. The van der Waals surface area contributed by atoms with E-state index in [2.05, 4.69) is 10.4 Å². The second-order valence-corrected chi connectivity index (χ2v) is 4.62. The number of nitrogens with one attached hydrogen (secondary N) is 1. The number of carbonyl (C=O) groups is 1. The number of phenols is 1. The topological polar surface area (TPSA) is 66.6 Å². The van der Waals surface area contributed by atoms with E-state index in [1.165, 1.54) is 18.3 Å². The van der Waals surface area contributed by atoms with Gasteiger partial charge in [-0.05, 0) is 30.3 Å². The molecule has 0 bridgehead atoms. The van der Waals surface area contributed by atoms with Gasteiger partial charge in [-0.3, -0.25) is 4.79 Å². The molecule has 0 radical (unpaired) electrons. The highest BCUT2D eigenvalue weighted by atomic mass is 35.5. The first kappa shape index (κ1) is 12.5. The van der Waals surface area contributed by atoms with Crippen LogP contribution in [0.1, 0.15) is 10.4 Å². The summed E-state index contributed by atoms with van der Waals surface area (Å²) < 4.78 is 1.62. The van der Waals surface area contributed by atoms with Gasteiger partial charge in [0.05, 0.1) is 22.3 Å². The Morgan fingerprint density at radius 1 is 1.30 bits per heavy atom. The zero-order valence-corrected chi connectivity index (χ0v) is 11.0. The van der Waals surface area contributed by atoms with Crippen molar-refractivity contribution < 1.29 is 9.90 Å². The van der Waals surface area contributed by atoms with Crippen molar-refractivity contribution in [1.29, 1.82) is 0 Å². The Labute approximate surface area is 119 Å². The van der Waals surface area contributed by atoms with Gasteiger partial charge in [-0.1, -0.05) is 17.7 Å². The van der Waals surface area contributed by atoms with Crippen LogP contribution in [0.4, 0.5) is 5.69 Å². The average molecular weight is 288 g/mol. The molecule has 3 rings (SSSR count). The van der Waals surface area contributed by atoms with Crippen LogP contribution < -0.4 is 5.32 Å². The molecule has 0 unspecified atom stereocenters. The number of hydrogen-bond donors (Lipinski definition) is 2. The van der Waals surface area contributed by atoms with Gasteiger partial charge in [-0.2, -0.15) is 5.10 Å². The summed E-state index contributed by atoms with van der Waals surface area (Å²) in [5.41, 5.74) is 1.69. The molecule has 1 amide bonds. The van der Waals surface area contributed by atoms with Gasteiger partial charge in [0.15, 0.2) is 0 Å². The molecule has 5 nitrogen and oxygen atoms in total. The minimum atomic E-state index is -0.284. The Morgan fingerprint density at radius 3 is 2.95 bits per heavy atom.